The van der Waals surface area contributed by atoms with E-state index in [9.17, 15) is 0 Å². The van der Waals surface area contributed by atoms with Crippen molar-refractivity contribution >= 4 is 11.6 Å². The third kappa shape index (κ3) is 4.39. The first-order chi connectivity index (χ1) is 11.2. The minimum atomic E-state index is 0.336. The van der Waals surface area contributed by atoms with Crippen molar-refractivity contribution in [3.05, 3.63) is 53.6 Å². The molecular weight excluding hydrogens is 290 g/mol. The van der Waals surface area contributed by atoms with E-state index in [0.717, 1.165) is 17.9 Å². The maximum absolute atomic E-state index is 6.00. The maximum atomic E-state index is 6.00. The van der Waals surface area contributed by atoms with Gasteiger partial charge in [-0.1, -0.05) is 31.2 Å². The highest BCUT2D eigenvalue weighted by molar-refractivity contribution is 5.94. The van der Waals surface area contributed by atoms with Crippen LogP contribution >= 0.6 is 0 Å². The smallest absolute Gasteiger partial charge is 0.193 e. The second kappa shape index (κ2) is 8.08. The van der Waals surface area contributed by atoms with Gasteiger partial charge in [0.25, 0.3) is 0 Å². The number of methoxy groups -OCH3 is 2. The molecule has 2 aromatic carbocycles. The lowest BCUT2D eigenvalue weighted by atomic mass is 10.1. The topological polar surface area (TPSA) is 68.9 Å². The third-order valence-electron chi connectivity index (χ3n) is 3.59. The van der Waals surface area contributed by atoms with Crippen LogP contribution in [0.3, 0.4) is 0 Å². The summed E-state index contributed by atoms with van der Waals surface area (Å²) >= 11 is 0. The summed E-state index contributed by atoms with van der Waals surface area (Å²) in [4.78, 5) is 4.42. The monoisotopic (exact) mass is 313 g/mol. The van der Waals surface area contributed by atoms with Crippen LogP contribution in [0.2, 0.25) is 0 Å². The Labute approximate surface area is 137 Å². The van der Waals surface area contributed by atoms with Gasteiger partial charge in [0.2, 0.25) is 0 Å². The quantitative estimate of drug-likeness (QED) is 0.635. The van der Waals surface area contributed by atoms with Crippen molar-refractivity contribution < 1.29 is 9.47 Å². The normalized spacial score (nSPS) is 11.2. The summed E-state index contributed by atoms with van der Waals surface area (Å²) in [5.41, 5.74) is 9.18. The molecule has 0 radical (unpaired) electrons. The first kappa shape index (κ1) is 16.7. The van der Waals surface area contributed by atoms with Gasteiger partial charge in [-0.3, -0.25) is 0 Å². The van der Waals surface area contributed by atoms with E-state index in [1.54, 1.807) is 14.2 Å². The molecule has 0 atom stereocenters. The minimum absolute atomic E-state index is 0.336. The second-order valence-electron chi connectivity index (χ2n) is 5.01. The number of nitrogens with two attached hydrogens (primary N) is 1. The summed E-state index contributed by atoms with van der Waals surface area (Å²) in [5, 5.41) is 3.07. The molecule has 3 N–H and O–H groups in total. The fourth-order valence-electron chi connectivity index (χ4n) is 2.32. The Kier molecular flexibility index (Phi) is 5.86. The van der Waals surface area contributed by atoms with Crippen LogP contribution in [-0.2, 0) is 13.0 Å². The van der Waals surface area contributed by atoms with Crippen molar-refractivity contribution in [2.24, 2.45) is 10.7 Å². The van der Waals surface area contributed by atoms with Gasteiger partial charge in [-0.25, -0.2) is 4.99 Å². The standard InChI is InChI=1S/C18H23N3O2/c1-4-13-7-5-6-8-14(13)12-20-18(19)21-16-11-15(22-2)9-10-17(16)23-3/h5-11H,4,12H2,1-3H3,(H3,19,20,21). The molecule has 5 heteroatoms. The average molecular weight is 313 g/mol. The molecule has 0 unspecified atom stereocenters. The van der Waals surface area contributed by atoms with Crippen molar-refractivity contribution in [3.63, 3.8) is 0 Å². The lowest BCUT2D eigenvalue weighted by Crippen LogP contribution is -2.23. The van der Waals surface area contributed by atoms with Gasteiger partial charge in [0.05, 0.1) is 26.5 Å². The van der Waals surface area contributed by atoms with Gasteiger partial charge >= 0.3 is 0 Å². The molecule has 0 aliphatic heterocycles. The first-order valence-corrected chi connectivity index (χ1v) is 7.53. The number of nitrogens with zero attached hydrogens (tertiary/aromatic N) is 1. The Morgan fingerprint density at radius 2 is 1.83 bits per heavy atom. The lowest BCUT2D eigenvalue weighted by Gasteiger charge is -2.12. The molecule has 2 aromatic rings. The van der Waals surface area contributed by atoms with E-state index in [4.69, 9.17) is 15.2 Å². The van der Waals surface area contributed by atoms with Gasteiger partial charge in [-0.2, -0.15) is 0 Å². The SMILES string of the molecule is CCc1ccccc1CN=C(N)Nc1cc(OC)ccc1OC. The molecule has 0 saturated carbocycles. The molecule has 2 rings (SSSR count). The van der Waals surface area contributed by atoms with E-state index in [0.29, 0.717) is 18.3 Å². The number of aryl methyl sites for hydroxylation is 1. The Morgan fingerprint density at radius 3 is 2.48 bits per heavy atom. The number of hydrogen-bond acceptors (Lipinski definition) is 3. The molecule has 0 aliphatic carbocycles. The molecule has 0 fully saturated rings. The molecule has 5 nitrogen and oxygen atoms in total. The van der Waals surface area contributed by atoms with Gasteiger partial charge < -0.3 is 20.5 Å². The first-order valence-electron chi connectivity index (χ1n) is 7.53. The number of guanidine groups is 1. The van der Waals surface area contributed by atoms with Crippen LogP contribution in [-0.4, -0.2) is 20.2 Å². The molecule has 0 heterocycles. The van der Waals surface area contributed by atoms with E-state index in [1.807, 2.05) is 30.3 Å². The number of hydrogen-bond donors (Lipinski definition) is 2. The van der Waals surface area contributed by atoms with Gasteiger partial charge in [-0.15, -0.1) is 0 Å². The average Bonchev–Trinajstić information content (AvgIpc) is 2.60. The summed E-state index contributed by atoms with van der Waals surface area (Å²) in [6.07, 6.45) is 0.975. The number of ether oxygens (including phenoxy) is 2. The van der Waals surface area contributed by atoms with Crippen LogP contribution in [0.15, 0.2) is 47.5 Å². The Morgan fingerprint density at radius 1 is 1.09 bits per heavy atom. The lowest BCUT2D eigenvalue weighted by molar-refractivity contribution is 0.405. The molecule has 0 spiro atoms. The van der Waals surface area contributed by atoms with Crippen molar-refractivity contribution in [2.75, 3.05) is 19.5 Å². The Balaban J connectivity index is 2.13. The number of aliphatic imine (C=N–C) groups is 1. The van der Waals surface area contributed by atoms with Gasteiger partial charge in [0, 0.05) is 6.07 Å². The molecule has 0 bridgehead atoms. The summed E-state index contributed by atoms with van der Waals surface area (Å²) in [5.74, 6) is 1.73. The van der Waals surface area contributed by atoms with Crippen LogP contribution in [0.4, 0.5) is 5.69 Å². The Bertz CT molecular complexity index is 684. The second-order valence-corrected chi connectivity index (χ2v) is 5.01. The van der Waals surface area contributed by atoms with Gasteiger partial charge in [-0.05, 0) is 29.7 Å². The number of benzene rings is 2. The summed E-state index contributed by atoms with van der Waals surface area (Å²) in [6, 6.07) is 13.7. The highest BCUT2D eigenvalue weighted by Gasteiger charge is 2.06. The van der Waals surface area contributed by atoms with Crippen LogP contribution in [0, 0.1) is 0 Å². The van der Waals surface area contributed by atoms with E-state index in [-0.39, 0.29) is 0 Å². The van der Waals surface area contributed by atoms with Gasteiger partial charge in [0.15, 0.2) is 5.96 Å². The van der Waals surface area contributed by atoms with Crippen LogP contribution < -0.4 is 20.5 Å². The predicted molar refractivity (Wildman–Crippen MR) is 94.3 cm³/mol. The van der Waals surface area contributed by atoms with E-state index in [2.05, 4.69) is 29.4 Å². The van der Waals surface area contributed by atoms with E-state index in [1.165, 1.54) is 11.1 Å². The van der Waals surface area contributed by atoms with Crippen molar-refractivity contribution in [1.82, 2.24) is 0 Å². The highest BCUT2D eigenvalue weighted by atomic mass is 16.5. The molecular formula is C18H23N3O2. The van der Waals surface area contributed by atoms with E-state index < -0.39 is 0 Å². The Hall–Kier alpha value is -2.69. The summed E-state index contributed by atoms with van der Waals surface area (Å²) in [6.45, 7) is 2.67. The number of nitrogens with one attached hydrogen (secondary N) is 1. The van der Waals surface area contributed by atoms with Crippen molar-refractivity contribution in [2.45, 2.75) is 19.9 Å². The maximum Gasteiger partial charge on any atom is 0.193 e. The number of rotatable bonds is 6. The van der Waals surface area contributed by atoms with Crippen LogP contribution in [0.5, 0.6) is 11.5 Å². The van der Waals surface area contributed by atoms with Crippen LogP contribution in [0.1, 0.15) is 18.1 Å². The molecule has 0 amide bonds. The van der Waals surface area contributed by atoms with Gasteiger partial charge in [0.1, 0.15) is 11.5 Å². The fraction of sp³-hybridized carbons (Fsp3) is 0.278. The van der Waals surface area contributed by atoms with E-state index >= 15 is 0 Å². The molecule has 23 heavy (non-hydrogen) atoms. The zero-order valence-electron chi connectivity index (χ0n) is 13.8. The minimum Gasteiger partial charge on any atom is -0.497 e. The molecule has 0 saturated heterocycles. The van der Waals surface area contributed by atoms with Crippen molar-refractivity contribution in [1.29, 1.82) is 0 Å². The highest BCUT2D eigenvalue weighted by Crippen LogP contribution is 2.28. The zero-order valence-corrected chi connectivity index (χ0v) is 13.8. The predicted octanol–water partition coefficient (Wildman–Crippen LogP) is 3.19. The largest absolute Gasteiger partial charge is 0.497 e. The molecule has 0 aromatic heterocycles. The van der Waals surface area contributed by atoms with Crippen molar-refractivity contribution in [3.8, 4) is 11.5 Å². The molecule has 0 aliphatic rings. The van der Waals surface area contributed by atoms with Crippen LogP contribution in [0.25, 0.3) is 0 Å². The third-order valence-corrected chi connectivity index (χ3v) is 3.59. The zero-order chi connectivity index (χ0) is 16.7. The number of anilines is 1. The molecule has 122 valence electrons. The summed E-state index contributed by atoms with van der Waals surface area (Å²) < 4.78 is 10.5. The summed E-state index contributed by atoms with van der Waals surface area (Å²) in [7, 11) is 3.22. The fourth-order valence-corrected chi connectivity index (χ4v) is 2.32.